The van der Waals surface area contributed by atoms with Crippen LogP contribution in [0.25, 0.3) is 0 Å². The van der Waals surface area contributed by atoms with Crippen LogP contribution in [0.15, 0.2) is 29.2 Å². The van der Waals surface area contributed by atoms with E-state index >= 15 is 0 Å². The molecule has 1 aromatic carbocycles. The predicted octanol–water partition coefficient (Wildman–Crippen LogP) is 2.74. The Balaban J connectivity index is 1.49. The lowest BCUT2D eigenvalue weighted by Gasteiger charge is -2.68. The number of rotatable bonds is 3. The maximum Gasteiger partial charge on any atom is 0.297 e. The molecule has 0 aromatic heterocycles. The molecule has 3 fully saturated rings. The lowest BCUT2D eigenvalue weighted by molar-refractivity contribution is -0.222. The molecule has 1 aromatic rings. The molecule has 3 saturated carbocycles. The fourth-order valence-corrected chi connectivity index (χ4v) is 5.27. The third kappa shape index (κ3) is 1.62. The molecule has 0 aliphatic heterocycles. The van der Waals surface area contributed by atoms with E-state index < -0.39 is 10.1 Å². The van der Waals surface area contributed by atoms with Gasteiger partial charge in [-0.05, 0) is 62.0 Å². The fourth-order valence-electron chi connectivity index (χ4n) is 4.16. The van der Waals surface area contributed by atoms with Crippen LogP contribution in [0.1, 0.15) is 24.8 Å². The zero-order chi connectivity index (χ0) is 13.2. The molecule has 102 valence electrons. The van der Waals surface area contributed by atoms with Crippen molar-refractivity contribution in [2.24, 2.45) is 23.7 Å². The van der Waals surface area contributed by atoms with Crippen LogP contribution < -0.4 is 0 Å². The summed E-state index contributed by atoms with van der Waals surface area (Å²) in [7, 11) is -3.58. The quantitative estimate of drug-likeness (QED) is 0.798. The van der Waals surface area contributed by atoms with Gasteiger partial charge in [-0.15, -0.1) is 0 Å². The first-order valence-electron chi connectivity index (χ1n) is 7.06. The predicted molar refractivity (Wildman–Crippen MR) is 71.0 cm³/mol. The smallest absolute Gasteiger partial charge is 0.263 e. The van der Waals surface area contributed by atoms with E-state index in [0.29, 0.717) is 5.92 Å². The van der Waals surface area contributed by atoms with Crippen molar-refractivity contribution < 1.29 is 12.6 Å². The van der Waals surface area contributed by atoms with Gasteiger partial charge in [0.25, 0.3) is 10.1 Å². The SMILES string of the molecule is Cc1ccc(S(=O)(=O)O[C@H]2C[C@H]3[C@H]4CC[C@@H]4[C@@H]32)cc1. The van der Waals surface area contributed by atoms with E-state index in [1.165, 1.54) is 12.8 Å². The highest BCUT2D eigenvalue weighted by Gasteiger charge is 2.65. The molecule has 4 heteroatoms. The average molecular weight is 278 g/mol. The van der Waals surface area contributed by atoms with E-state index in [1.807, 2.05) is 19.1 Å². The maximum atomic E-state index is 12.2. The van der Waals surface area contributed by atoms with Crippen molar-refractivity contribution in [3.63, 3.8) is 0 Å². The molecule has 4 rings (SSSR count). The highest BCUT2D eigenvalue weighted by Crippen LogP contribution is 2.67. The highest BCUT2D eigenvalue weighted by atomic mass is 32.2. The standard InChI is InChI=1S/C15H18O3S/c1-9-2-4-10(5-3-9)19(16,17)18-14-8-13-11-6-7-12(11)15(13)14/h2-5,11-15H,6-8H2,1H3/t11-,12-,13-,14-,15-/m0/s1. The minimum Gasteiger partial charge on any atom is -0.263 e. The first kappa shape index (κ1) is 11.9. The van der Waals surface area contributed by atoms with Gasteiger partial charge in [-0.3, -0.25) is 4.18 Å². The van der Waals surface area contributed by atoms with Crippen LogP contribution in [-0.2, 0) is 14.3 Å². The van der Waals surface area contributed by atoms with Gasteiger partial charge in [0.15, 0.2) is 0 Å². The average Bonchev–Trinajstić information content (AvgIpc) is 2.33. The van der Waals surface area contributed by atoms with E-state index in [0.717, 1.165) is 29.7 Å². The van der Waals surface area contributed by atoms with Crippen molar-refractivity contribution in [1.82, 2.24) is 0 Å². The lowest BCUT2D eigenvalue weighted by atomic mass is 9.38. The zero-order valence-electron chi connectivity index (χ0n) is 11.0. The summed E-state index contributed by atoms with van der Waals surface area (Å²) in [6, 6.07) is 6.89. The molecule has 0 bridgehead atoms. The van der Waals surface area contributed by atoms with Gasteiger partial charge >= 0.3 is 0 Å². The summed E-state index contributed by atoms with van der Waals surface area (Å²) in [5.41, 5.74) is 1.05. The van der Waals surface area contributed by atoms with E-state index in [-0.39, 0.29) is 11.0 Å². The molecule has 5 atom stereocenters. The number of hydrogen-bond donors (Lipinski definition) is 0. The molecule has 3 nitrogen and oxygen atoms in total. The van der Waals surface area contributed by atoms with Gasteiger partial charge in [-0.25, -0.2) is 0 Å². The molecule has 0 heterocycles. The molecular formula is C15H18O3S. The Labute approximate surface area is 114 Å². The molecule has 3 aliphatic carbocycles. The second-order valence-electron chi connectivity index (χ2n) is 6.28. The monoisotopic (exact) mass is 278 g/mol. The van der Waals surface area contributed by atoms with Crippen molar-refractivity contribution in [2.75, 3.05) is 0 Å². The molecule has 19 heavy (non-hydrogen) atoms. The van der Waals surface area contributed by atoms with Gasteiger partial charge in [-0.2, -0.15) is 8.42 Å². The molecule has 0 N–H and O–H groups in total. The summed E-state index contributed by atoms with van der Waals surface area (Å²) in [4.78, 5) is 0.283. The van der Waals surface area contributed by atoms with Crippen LogP contribution in [0, 0.1) is 30.6 Å². The first-order valence-corrected chi connectivity index (χ1v) is 8.47. The molecule has 0 spiro atoms. The summed E-state index contributed by atoms with van der Waals surface area (Å²) in [5, 5.41) is 0. The van der Waals surface area contributed by atoms with Gasteiger partial charge < -0.3 is 0 Å². The van der Waals surface area contributed by atoms with Crippen molar-refractivity contribution in [1.29, 1.82) is 0 Å². The van der Waals surface area contributed by atoms with Gasteiger partial charge in [0.2, 0.25) is 0 Å². The van der Waals surface area contributed by atoms with Gasteiger partial charge in [0.1, 0.15) is 0 Å². The van der Waals surface area contributed by atoms with Crippen LogP contribution in [0.3, 0.4) is 0 Å². The van der Waals surface area contributed by atoms with Crippen LogP contribution >= 0.6 is 0 Å². The zero-order valence-corrected chi connectivity index (χ0v) is 11.8. The highest BCUT2D eigenvalue weighted by molar-refractivity contribution is 7.86. The first-order chi connectivity index (χ1) is 9.06. The normalized spacial score (nSPS) is 39.3. The summed E-state index contributed by atoms with van der Waals surface area (Å²) in [6.45, 7) is 1.94. The number of benzene rings is 1. The van der Waals surface area contributed by atoms with Crippen molar-refractivity contribution in [3.05, 3.63) is 29.8 Å². The molecule has 0 radical (unpaired) electrons. The number of aryl methyl sites for hydroxylation is 1. The van der Waals surface area contributed by atoms with Gasteiger partial charge in [0, 0.05) is 0 Å². The number of fused-ring (bicyclic) bond motifs is 4. The largest absolute Gasteiger partial charge is 0.297 e. The Kier molecular flexibility index (Phi) is 2.40. The van der Waals surface area contributed by atoms with Crippen LogP contribution in [0.4, 0.5) is 0 Å². The maximum absolute atomic E-state index is 12.2. The molecule has 0 saturated heterocycles. The van der Waals surface area contributed by atoms with Crippen molar-refractivity contribution in [3.8, 4) is 0 Å². The minimum absolute atomic E-state index is 0.0575. The summed E-state index contributed by atoms with van der Waals surface area (Å²) in [6.07, 6.45) is 3.51. The lowest BCUT2D eigenvalue weighted by Crippen LogP contribution is -2.66. The third-order valence-electron chi connectivity index (χ3n) is 5.42. The Morgan fingerprint density at radius 1 is 1.05 bits per heavy atom. The molecule has 0 amide bonds. The minimum atomic E-state index is -3.58. The molecular weight excluding hydrogens is 260 g/mol. The Bertz CT molecular complexity index is 599. The van der Waals surface area contributed by atoms with Crippen LogP contribution in [0.5, 0.6) is 0 Å². The summed E-state index contributed by atoms with van der Waals surface area (Å²) >= 11 is 0. The number of hydrogen-bond acceptors (Lipinski definition) is 3. The summed E-state index contributed by atoms with van der Waals surface area (Å²) in [5.74, 6) is 2.94. The van der Waals surface area contributed by atoms with E-state index in [2.05, 4.69) is 0 Å². The van der Waals surface area contributed by atoms with Gasteiger partial charge in [0.05, 0.1) is 11.0 Å². The van der Waals surface area contributed by atoms with Gasteiger partial charge in [-0.1, -0.05) is 17.7 Å². The van der Waals surface area contributed by atoms with Crippen LogP contribution in [0.2, 0.25) is 0 Å². The second-order valence-corrected chi connectivity index (χ2v) is 7.86. The fraction of sp³-hybridized carbons (Fsp3) is 0.600. The molecule has 0 unspecified atom stereocenters. The van der Waals surface area contributed by atoms with E-state index in [1.54, 1.807) is 12.1 Å². The van der Waals surface area contributed by atoms with E-state index in [4.69, 9.17) is 4.18 Å². The summed E-state index contributed by atoms with van der Waals surface area (Å²) < 4.78 is 29.9. The third-order valence-corrected chi connectivity index (χ3v) is 6.77. The topological polar surface area (TPSA) is 43.4 Å². The Morgan fingerprint density at radius 3 is 2.32 bits per heavy atom. The Morgan fingerprint density at radius 2 is 1.74 bits per heavy atom. The van der Waals surface area contributed by atoms with E-state index in [9.17, 15) is 8.42 Å². The second kappa shape index (κ2) is 3.83. The Hall–Kier alpha value is -0.870. The van der Waals surface area contributed by atoms with Crippen LogP contribution in [-0.4, -0.2) is 14.5 Å². The van der Waals surface area contributed by atoms with Crippen molar-refractivity contribution in [2.45, 2.75) is 37.2 Å². The molecule has 3 aliphatic rings. The van der Waals surface area contributed by atoms with Crippen molar-refractivity contribution >= 4 is 10.1 Å².